The summed E-state index contributed by atoms with van der Waals surface area (Å²) in [5, 5.41) is 45.2. The Morgan fingerprint density at radius 1 is 1.19 bits per heavy atom. The van der Waals surface area contributed by atoms with Crippen LogP contribution < -0.4 is 15.4 Å². The SMILES string of the molecule is CCN(CC)CCNC(=O)c1cc(Cl)c(N[C@@H]2O[C@H](CO)[C@@H](O)[C@H](O)[C@H]2O)cc1OC. The molecule has 1 amide bonds. The highest BCUT2D eigenvalue weighted by Crippen LogP contribution is 2.33. The molecule has 31 heavy (non-hydrogen) atoms. The zero-order valence-corrected chi connectivity index (χ0v) is 18.7. The van der Waals surface area contributed by atoms with Crippen molar-refractivity contribution in [2.24, 2.45) is 0 Å². The summed E-state index contributed by atoms with van der Waals surface area (Å²) in [5.74, 6) is -0.0953. The molecule has 0 aliphatic carbocycles. The predicted molar refractivity (Wildman–Crippen MR) is 116 cm³/mol. The summed E-state index contributed by atoms with van der Waals surface area (Å²) < 4.78 is 10.8. The molecular formula is C20H32ClN3O7. The van der Waals surface area contributed by atoms with Crippen molar-refractivity contribution in [2.75, 3.05) is 45.2 Å². The fraction of sp³-hybridized carbons (Fsp3) is 0.650. The largest absolute Gasteiger partial charge is 0.496 e. The van der Waals surface area contributed by atoms with E-state index >= 15 is 0 Å². The van der Waals surface area contributed by atoms with Crippen LogP contribution in [0.2, 0.25) is 5.02 Å². The van der Waals surface area contributed by atoms with E-state index in [1.165, 1.54) is 19.2 Å². The second kappa shape index (κ2) is 11.8. The standard InChI is InChI=1S/C20H32ClN3O7/c1-4-24(5-2)7-6-22-19(29)11-8-12(21)13(9-14(11)30-3)23-20-18(28)17(27)16(26)15(10-25)31-20/h8-9,15-18,20,23,25-28H,4-7,10H2,1-3H3,(H,22,29)/t15-,16-,17+,18-,20-/m1/s1. The summed E-state index contributed by atoms with van der Waals surface area (Å²) >= 11 is 6.33. The molecule has 1 saturated heterocycles. The van der Waals surface area contributed by atoms with E-state index in [0.717, 1.165) is 13.1 Å². The number of benzene rings is 1. The number of likely N-dealkylation sites (N-methyl/N-ethyl adjacent to an activating group) is 1. The van der Waals surface area contributed by atoms with Gasteiger partial charge in [-0.05, 0) is 19.2 Å². The number of nitrogens with zero attached hydrogens (tertiary/aromatic N) is 1. The number of carbonyl (C=O) groups is 1. The summed E-state index contributed by atoms with van der Waals surface area (Å²) in [6, 6.07) is 2.91. The minimum absolute atomic E-state index is 0.159. The fourth-order valence-electron chi connectivity index (χ4n) is 3.35. The van der Waals surface area contributed by atoms with Crippen molar-refractivity contribution < 1.29 is 34.7 Å². The molecule has 0 aromatic heterocycles. The summed E-state index contributed by atoms with van der Waals surface area (Å²) in [6.45, 7) is 6.51. The third kappa shape index (κ3) is 6.19. The van der Waals surface area contributed by atoms with Crippen LogP contribution in [0.3, 0.4) is 0 Å². The van der Waals surface area contributed by atoms with Gasteiger partial charge in [-0.2, -0.15) is 0 Å². The highest BCUT2D eigenvalue weighted by molar-refractivity contribution is 6.33. The number of aliphatic hydroxyl groups is 4. The summed E-state index contributed by atoms with van der Waals surface area (Å²) in [4.78, 5) is 14.8. The Labute approximate surface area is 186 Å². The van der Waals surface area contributed by atoms with Crippen molar-refractivity contribution >= 4 is 23.2 Å². The molecule has 1 heterocycles. The molecular weight excluding hydrogens is 430 g/mol. The number of aliphatic hydroxyl groups excluding tert-OH is 4. The van der Waals surface area contributed by atoms with Gasteiger partial charge in [-0.3, -0.25) is 4.79 Å². The third-order valence-electron chi connectivity index (χ3n) is 5.33. The summed E-state index contributed by atoms with van der Waals surface area (Å²) in [7, 11) is 1.41. The van der Waals surface area contributed by atoms with Crippen LogP contribution in [0.1, 0.15) is 24.2 Å². The maximum atomic E-state index is 12.6. The van der Waals surface area contributed by atoms with E-state index in [0.29, 0.717) is 13.1 Å². The minimum atomic E-state index is -1.53. The van der Waals surface area contributed by atoms with Gasteiger partial charge in [0.15, 0.2) is 6.23 Å². The van der Waals surface area contributed by atoms with Crippen LogP contribution in [0.15, 0.2) is 12.1 Å². The third-order valence-corrected chi connectivity index (χ3v) is 5.64. The van der Waals surface area contributed by atoms with E-state index < -0.39 is 37.3 Å². The predicted octanol–water partition coefficient (Wildman–Crippen LogP) is -0.368. The molecule has 11 heteroatoms. The van der Waals surface area contributed by atoms with Crippen molar-refractivity contribution in [1.29, 1.82) is 0 Å². The molecule has 6 N–H and O–H groups in total. The zero-order valence-electron chi connectivity index (χ0n) is 17.9. The minimum Gasteiger partial charge on any atom is -0.496 e. The molecule has 0 saturated carbocycles. The molecule has 1 aromatic rings. The van der Waals surface area contributed by atoms with Gasteiger partial charge in [0, 0.05) is 19.2 Å². The van der Waals surface area contributed by atoms with Gasteiger partial charge in [-0.15, -0.1) is 0 Å². The first-order valence-electron chi connectivity index (χ1n) is 10.2. The van der Waals surface area contributed by atoms with Crippen LogP contribution in [-0.2, 0) is 4.74 Å². The Morgan fingerprint density at radius 2 is 1.87 bits per heavy atom. The summed E-state index contributed by atoms with van der Waals surface area (Å²) in [5.41, 5.74) is 0.522. The highest BCUT2D eigenvalue weighted by atomic mass is 35.5. The van der Waals surface area contributed by atoms with E-state index in [-0.39, 0.29) is 27.9 Å². The first kappa shape index (κ1) is 25.6. The van der Waals surface area contributed by atoms with Crippen LogP contribution in [0.4, 0.5) is 5.69 Å². The maximum absolute atomic E-state index is 12.6. The average Bonchev–Trinajstić information content (AvgIpc) is 2.77. The number of rotatable bonds is 10. The lowest BCUT2D eigenvalue weighted by atomic mass is 9.98. The molecule has 1 aliphatic rings. The van der Waals surface area contributed by atoms with Gasteiger partial charge in [0.25, 0.3) is 5.91 Å². The van der Waals surface area contributed by atoms with E-state index in [2.05, 4.69) is 29.4 Å². The van der Waals surface area contributed by atoms with Crippen molar-refractivity contribution in [3.05, 3.63) is 22.7 Å². The van der Waals surface area contributed by atoms with E-state index in [1.807, 2.05) is 0 Å². The van der Waals surface area contributed by atoms with Crippen molar-refractivity contribution in [3.63, 3.8) is 0 Å². The molecule has 0 spiro atoms. The molecule has 176 valence electrons. The number of ether oxygens (including phenoxy) is 2. The van der Waals surface area contributed by atoms with E-state index in [1.54, 1.807) is 0 Å². The normalized spacial score (nSPS) is 26.0. The monoisotopic (exact) mass is 461 g/mol. The lowest BCUT2D eigenvalue weighted by Crippen LogP contribution is -2.60. The molecule has 0 radical (unpaired) electrons. The highest BCUT2D eigenvalue weighted by Gasteiger charge is 2.43. The Kier molecular flexibility index (Phi) is 9.76. The van der Waals surface area contributed by atoms with Gasteiger partial charge in [0.1, 0.15) is 30.2 Å². The van der Waals surface area contributed by atoms with Crippen LogP contribution in [0.25, 0.3) is 0 Å². The van der Waals surface area contributed by atoms with Crippen molar-refractivity contribution in [1.82, 2.24) is 10.2 Å². The zero-order chi connectivity index (χ0) is 23.1. The Bertz CT molecular complexity index is 733. The Balaban J connectivity index is 2.14. The molecule has 0 unspecified atom stereocenters. The second-order valence-electron chi connectivity index (χ2n) is 7.21. The Hall–Kier alpha value is -1.66. The van der Waals surface area contributed by atoms with Gasteiger partial charge in [-0.1, -0.05) is 25.4 Å². The first-order chi connectivity index (χ1) is 14.8. The maximum Gasteiger partial charge on any atom is 0.255 e. The number of carbonyl (C=O) groups excluding carboxylic acids is 1. The van der Waals surface area contributed by atoms with Crippen LogP contribution >= 0.6 is 11.6 Å². The second-order valence-corrected chi connectivity index (χ2v) is 7.62. The topological polar surface area (TPSA) is 144 Å². The quantitative estimate of drug-likeness (QED) is 0.275. The number of hydrogen-bond acceptors (Lipinski definition) is 9. The first-order valence-corrected chi connectivity index (χ1v) is 10.6. The fourth-order valence-corrected chi connectivity index (χ4v) is 3.57. The van der Waals surface area contributed by atoms with Crippen molar-refractivity contribution in [2.45, 2.75) is 44.5 Å². The van der Waals surface area contributed by atoms with Gasteiger partial charge in [0.2, 0.25) is 0 Å². The molecule has 5 atom stereocenters. The molecule has 1 aromatic carbocycles. The van der Waals surface area contributed by atoms with Crippen LogP contribution in [-0.4, -0.2) is 102 Å². The molecule has 0 bridgehead atoms. The van der Waals surface area contributed by atoms with Crippen LogP contribution in [0, 0.1) is 0 Å². The lowest BCUT2D eigenvalue weighted by Gasteiger charge is -2.40. The average molecular weight is 462 g/mol. The van der Waals surface area contributed by atoms with Gasteiger partial charge < -0.3 is 45.4 Å². The number of nitrogens with one attached hydrogen (secondary N) is 2. The number of halogens is 1. The number of anilines is 1. The summed E-state index contributed by atoms with van der Waals surface area (Å²) in [6.07, 6.45) is -6.70. The molecule has 1 fully saturated rings. The number of amides is 1. The number of hydrogen-bond donors (Lipinski definition) is 6. The van der Waals surface area contributed by atoms with Gasteiger partial charge >= 0.3 is 0 Å². The van der Waals surface area contributed by atoms with E-state index in [9.17, 15) is 25.2 Å². The number of methoxy groups -OCH3 is 1. The molecule has 1 aliphatic heterocycles. The molecule has 2 rings (SSSR count). The lowest BCUT2D eigenvalue weighted by molar-refractivity contribution is -0.221. The Morgan fingerprint density at radius 3 is 2.45 bits per heavy atom. The van der Waals surface area contributed by atoms with Gasteiger partial charge in [-0.25, -0.2) is 0 Å². The molecule has 10 nitrogen and oxygen atoms in total. The van der Waals surface area contributed by atoms with E-state index in [4.69, 9.17) is 21.1 Å². The smallest absolute Gasteiger partial charge is 0.255 e. The van der Waals surface area contributed by atoms with Crippen LogP contribution in [0.5, 0.6) is 5.75 Å². The van der Waals surface area contributed by atoms with Gasteiger partial charge in [0.05, 0.1) is 30.0 Å². The van der Waals surface area contributed by atoms with Crippen molar-refractivity contribution in [3.8, 4) is 5.75 Å².